The minimum Gasteiger partial charge on any atom is -0.463 e. The Hall–Kier alpha value is -2.61. The zero-order chi connectivity index (χ0) is 19.8. The fourth-order valence-electron chi connectivity index (χ4n) is 4.20. The smallest absolute Gasteiger partial charge is 0.328 e. The second-order valence-electron chi connectivity index (χ2n) is 8.46. The van der Waals surface area contributed by atoms with Crippen molar-refractivity contribution >= 4 is 17.0 Å². The Morgan fingerprint density at radius 2 is 2.03 bits per heavy atom. The minimum absolute atomic E-state index is 0.221. The summed E-state index contributed by atoms with van der Waals surface area (Å²) in [6, 6.07) is 0.248. The highest BCUT2D eigenvalue weighted by Gasteiger charge is 2.23. The maximum absolute atomic E-state index is 12.6. The molecule has 3 aliphatic rings. The molecule has 3 heterocycles. The van der Waals surface area contributed by atoms with E-state index in [9.17, 15) is 4.79 Å². The van der Waals surface area contributed by atoms with E-state index in [1.807, 2.05) is 0 Å². The first kappa shape index (κ1) is 18.4. The van der Waals surface area contributed by atoms with E-state index >= 15 is 0 Å². The molecule has 0 radical (unpaired) electrons. The second-order valence-corrected chi connectivity index (χ2v) is 8.46. The summed E-state index contributed by atoms with van der Waals surface area (Å²) in [6.07, 6.45) is 11.5. The average molecular weight is 396 g/mol. The lowest BCUT2D eigenvalue weighted by Gasteiger charge is -2.20. The van der Waals surface area contributed by atoms with Gasteiger partial charge in [0.1, 0.15) is 5.52 Å². The molecule has 8 nitrogen and oxygen atoms in total. The Morgan fingerprint density at radius 1 is 1.21 bits per heavy atom. The van der Waals surface area contributed by atoms with Crippen LogP contribution in [0.25, 0.3) is 11.2 Å². The van der Waals surface area contributed by atoms with Gasteiger partial charge < -0.3 is 15.5 Å². The van der Waals surface area contributed by atoms with Crippen LogP contribution in [0.3, 0.4) is 0 Å². The number of aromatic amines is 1. The molecule has 0 aromatic carbocycles. The number of nitrogen functional groups attached to an aromatic ring is 1. The Kier molecular flexibility index (Phi) is 4.87. The average Bonchev–Trinajstić information content (AvgIpc) is 3.31. The van der Waals surface area contributed by atoms with Crippen LogP contribution in [0.4, 0.5) is 5.82 Å². The first-order valence-electron chi connectivity index (χ1n) is 10.7. The third-order valence-corrected chi connectivity index (χ3v) is 6.00. The summed E-state index contributed by atoms with van der Waals surface area (Å²) < 4.78 is 7.34. The van der Waals surface area contributed by atoms with Crippen LogP contribution in [-0.4, -0.2) is 50.7 Å². The quantitative estimate of drug-likeness (QED) is 0.744. The minimum atomic E-state index is -0.221. The molecule has 5 rings (SSSR count). The molecule has 3 N–H and O–H groups in total. The van der Waals surface area contributed by atoms with Crippen molar-refractivity contribution in [2.45, 2.75) is 45.1 Å². The lowest BCUT2D eigenvalue weighted by molar-refractivity contribution is 0.277. The summed E-state index contributed by atoms with van der Waals surface area (Å²) in [4.78, 5) is 26.6. The molecule has 1 saturated carbocycles. The summed E-state index contributed by atoms with van der Waals surface area (Å²) >= 11 is 0. The fraction of sp³-hybridized carbons (Fsp3) is 0.571. The van der Waals surface area contributed by atoms with Gasteiger partial charge in [-0.15, -0.1) is 0 Å². The van der Waals surface area contributed by atoms with Crippen LogP contribution in [0.1, 0.15) is 38.5 Å². The zero-order valence-corrected chi connectivity index (χ0v) is 16.7. The molecule has 0 unspecified atom stereocenters. The molecule has 1 aliphatic heterocycles. The first-order valence-corrected chi connectivity index (χ1v) is 10.7. The molecule has 29 heavy (non-hydrogen) atoms. The maximum Gasteiger partial charge on any atom is 0.328 e. The monoisotopic (exact) mass is 396 g/mol. The highest BCUT2D eigenvalue weighted by atomic mass is 16.5. The number of ether oxygens (including phenoxy) is 1. The molecule has 0 atom stereocenters. The fourth-order valence-corrected chi connectivity index (χ4v) is 4.20. The van der Waals surface area contributed by atoms with Gasteiger partial charge >= 0.3 is 11.7 Å². The number of anilines is 1. The molecule has 1 saturated heterocycles. The van der Waals surface area contributed by atoms with Crippen molar-refractivity contribution in [2.24, 2.45) is 5.92 Å². The summed E-state index contributed by atoms with van der Waals surface area (Å²) in [7, 11) is 0. The molecule has 2 aromatic heterocycles. The van der Waals surface area contributed by atoms with Gasteiger partial charge in [0.2, 0.25) is 0 Å². The van der Waals surface area contributed by atoms with Gasteiger partial charge in [0, 0.05) is 6.54 Å². The van der Waals surface area contributed by atoms with Crippen molar-refractivity contribution < 1.29 is 4.74 Å². The summed E-state index contributed by atoms with van der Waals surface area (Å²) in [5.74, 6) is 0.843. The molecule has 0 spiro atoms. The van der Waals surface area contributed by atoms with E-state index in [2.05, 4.69) is 32.0 Å². The number of rotatable bonds is 7. The Labute approximate surface area is 169 Å². The Bertz CT molecular complexity index is 1020. The largest absolute Gasteiger partial charge is 0.463 e. The highest BCUT2D eigenvalue weighted by molar-refractivity contribution is 5.82. The van der Waals surface area contributed by atoms with Crippen LogP contribution in [0.5, 0.6) is 6.01 Å². The second kappa shape index (κ2) is 7.67. The first-order chi connectivity index (χ1) is 14.2. The number of imidazole rings is 1. The van der Waals surface area contributed by atoms with Gasteiger partial charge in [-0.1, -0.05) is 17.7 Å². The van der Waals surface area contributed by atoms with Gasteiger partial charge in [-0.25, -0.2) is 4.79 Å². The van der Waals surface area contributed by atoms with Crippen LogP contribution in [-0.2, 0) is 6.54 Å². The zero-order valence-electron chi connectivity index (χ0n) is 16.7. The number of allylic oxidation sites excluding steroid dienone is 3. The Balaban J connectivity index is 1.38. The predicted octanol–water partition coefficient (Wildman–Crippen LogP) is 2.23. The summed E-state index contributed by atoms with van der Waals surface area (Å²) in [5.41, 5.74) is 9.42. The van der Waals surface area contributed by atoms with Crippen LogP contribution in [0.2, 0.25) is 0 Å². The number of aromatic nitrogens is 4. The topological polar surface area (TPSA) is 102 Å². The molecule has 2 fully saturated rings. The number of H-pyrrole nitrogens is 1. The lowest BCUT2D eigenvalue weighted by Crippen LogP contribution is -2.23. The van der Waals surface area contributed by atoms with Crippen molar-refractivity contribution in [2.75, 3.05) is 32.0 Å². The number of nitrogens with one attached hydrogen (secondary N) is 1. The van der Waals surface area contributed by atoms with Gasteiger partial charge in [0.25, 0.3) is 0 Å². The third-order valence-electron chi connectivity index (χ3n) is 6.00. The lowest BCUT2D eigenvalue weighted by atomic mass is 9.99. The van der Waals surface area contributed by atoms with E-state index in [4.69, 9.17) is 10.5 Å². The molecule has 0 bridgehead atoms. The normalized spacial score (nSPS) is 20.1. The SMILES string of the molecule is Nc1nc(OCC2CC2)nc2c1[nH]c(=O)n2CC1=CCCC(CN2CCCC2)=C1. The van der Waals surface area contributed by atoms with Crippen LogP contribution < -0.4 is 16.2 Å². The van der Waals surface area contributed by atoms with E-state index in [1.54, 1.807) is 4.57 Å². The molecule has 2 aliphatic carbocycles. The van der Waals surface area contributed by atoms with Crippen molar-refractivity contribution in [3.63, 3.8) is 0 Å². The number of fused-ring (bicyclic) bond motifs is 1. The summed E-state index contributed by atoms with van der Waals surface area (Å²) in [5, 5.41) is 0. The van der Waals surface area contributed by atoms with Crippen molar-refractivity contribution in [3.05, 3.63) is 33.8 Å². The van der Waals surface area contributed by atoms with Crippen molar-refractivity contribution in [1.29, 1.82) is 0 Å². The van der Waals surface area contributed by atoms with Gasteiger partial charge in [-0.2, -0.15) is 9.97 Å². The number of nitrogens with two attached hydrogens (primary N) is 1. The number of hydrogen-bond donors (Lipinski definition) is 2. The summed E-state index contributed by atoms with van der Waals surface area (Å²) in [6.45, 7) is 4.50. The van der Waals surface area contributed by atoms with Crippen LogP contribution >= 0.6 is 0 Å². The van der Waals surface area contributed by atoms with E-state index in [-0.39, 0.29) is 17.5 Å². The predicted molar refractivity (Wildman–Crippen MR) is 112 cm³/mol. The molecule has 0 amide bonds. The molecule has 8 heteroatoms. The standard InChI is InChI=1S/C21H28N6O2/c22-18-17-19(25-20(24-18)29-13-14-6-7-14)27(21(28)23-17)12-16-5-3-4-15(10-16)11-26-8-1-2-9-26/h5,10,14H,1-4,6-9,11-13H2,(H,23,28)(H2,22,24,25). The van der Waals surface area contributed by atoms with Crippen LogP contribution in [0, 0.1) is 5.92 Å². The van der Waals surface area contributed by atoms with Crippen LogP contribution in [0.15, 0.2) is 28.1 Å². The van der Waals surface area contributed by atoms with Crippen molar-refractivity contribution in [1.82, 2.24) is 24.4 Å². The van der Waals surface area contributed by atoms with Crippen molar-refractivity contribution in [3.8, 4) is 6.01 Å². The Morgan fingerprint density at radius 3 is 2.83 bits per heavy atom. The maximum atomic E-state index is 12.6. The molecule has 2 aromatic rings. The van der Waals surface area contributed by atoms with Gasteiger partial charge in [0.15, 0.2) is 11.5 Å². The third kappa shape index (κ3) is 4.07. The van der Waals surface area contributed by atoms with E-state index in [0.29, 0.717) is 30.2 Å². The molecular weight excluding hydrogens is 368 g/mol. The van der Waals surface area contributed by atoms with Gasteiger partial charge in [0.05, 0.1) is 13.2 Å². The van der Waals surface area contributed by atoms with Gasteiger partial charge in [-0.3, -0.25) is 9.47 Å². The number of hydrogen-bond acceptors (Lipinski definition) is 6. The molecular formula is C21H28N6O2. The van der Waals surface area contributed by atoms with E-state index in [1.165, 1.54) is 44.3 Å². The number of likely N-dealkylation sites (tertiary alicyclic amines) is 1. The van der Waals surface area contributed by atoms with E-state index < -0.39 is 0 Å². The highest BCUT2D eigenvalue weighted by Crippen LogP contribution is 2.29. The molecule has 154 valence electrons. The van der Waals surface area contributed by atoms with E-state index in [0.717, 1.165) is 25.0 Å². The van der Waals surface area contributed by atoms with Gasteiger partial charge in [-0.05, 0) is 63.1 Å². The number of nitrogens with zero attached hydrogens (tertiary/aromatic N) is 4.